The molecule has 2 aromatic rings. The van der Waals surface area contributed by atoms with Crippen LogP contribution in [0.25, 0.3) is 0 Å². The van der Waals surface area contributed by atoms with E-state index in [4.69, 9.17) is 5.73 Å². The van der Waals surface area contributed by atoms with Gasteiger partial charge in [0.05, 0.1) is 15.9 Å². The molecule has 2 rings (SSSR count). The minimum absolute atomic E-state index is 0.0410. The van der Waals surface area contributed by atoms with Crippen LogP contribution in [-0.4, -0.2) is 9.78 Å². The molecule has 2 N–H and O–H groups in total. The normalized spacial score (nSPS) is 12.9. The van der Waals surface area contributed by atoms with Crippen LogP contribution in [0.5, 0.6) is 0 Å². The summed E-state index contributed by atoms with van der Waals surface area (Å²) >= 11 is 5.35. The fourth-order valence-corrected chi connectivity index (χ4v) is 3.48. The van der Waals surface area contributed by atoms with E-state index < -0.39 is 0 Å². The highest BCUT2D eigenvalue weighted by Crippen LogP contribution is 2.27. The zero-order valence-electron chi connectivity index (χ0n) is 10.7. The summed E-state index contributed by atoms with van der Waals surface area (Å²) in [6, 6.07) is 2.13. The highest BCUT2D eigenvalue weighted by atomic mass is 79.9. The molecule has 1 unspecified atom stereocenters. The second-order valence-corrected chi connectivity index (χ2v) is 5.82. The minimum atomic E-state index is 0.0410. The maximum atomic E-state index is 6.26. The fourth-order valence-electron chi connectivity index (χ4n) is 2.02. The van der Waals surface area contributed by atoms with Crippen LogP contribution in [0.4, 0.5) is 0 Å². The molecule has 0 aliphatic carbocycles. The number of nitrogens with zero attached hydrogens (tertiary/aromatic N) is 2. The van der Waals surface area contributed by atoms with E-state index in [0.29, 0.717) is 0 Å². The summed E-state index contributed by atoms with van der Waals surface area (Å²) in [5.74, 6) is 0. The lowest BCUT2D eigenvalue weighted by Crippen LogP contribution is -2.15. The van der Waals surface area contributed by atoms with Crippen molar-refractivity contribution in [2.75, 3.05) is 0 Å². The lowest BCUT2D eigenvalue weighted by molar-refractivity contribution is 0.585. The molecule has 0 fully saturated rings. The van der Waals surface area contributed by atoms with E-state index in [-0.39, 0.29) is 6.04 Å². The summed E-state index contributed by atoms with van der Waals surface area (Å²) in [7, 11) is 0. The van der Waals surface area contributed by atoms with Gasteiger partial charge in [-0.3, -0.25) is 4.68 Å². The molecule has 3 nitrogen and oxygen atoms in total. The molecule has 2 aromatic heterocycles. The number of halogens is 1. The Balaban J connectivity index is 2.25. The zero-order valence-corrected chi connectivity index (χ0v) is 13.1. The van der Waals surface area contributed by atoms with Crippen LogP contribution < -0.4 is 5.73 Å². The first-order valence-corrected chi connectivity index (χ1v) is 7.92. The Bertz CT molecular complexity index is 505. The molecule has 0 saturated heterocycles. The fraction of sp³-hybridized carbons (Fsp3) is 0.462. The number of hydrogen-bond donors (Lipinski definition) is 1. The summed E-state index contributed by atoms with van der Waals surface area (Å²) in [4.78, 5) is 0. The third kappa shape index (κ3) is 2.68. The Kier molecular flexibility index (Phi) is 4.59. The second-order valence-electron chi connectivity index (χ2n) is 4.24. The molecular formula is C13H18BrN3S. The highest BCUT2D eigenvalue weighted by Gasteiger charge is 2.17. The predicted octanol–water partition coefficient (Wildman–Crippen LogP) is 3.53. The van der Waals surface area contributed by atoms with Gasteiger partial charge in [0.1, 0.15) is 0 Å². The van der Waals surface area contributed by atoms with E-state index in [1.807, 2.05) is 0 Å². The number of nitrogens with two attached hydrogens (primary N) is 1. The molecule has 2 heterocycles. The summed E-state index contributed by atoms with van der Waals surface area (Å²) in [5.41, 5.74) is 9.78. The molecule has 0 aliphatic rings. The third-order valence-electron chi connectivity index (χ3n) is 3.08. The van der Waals surface area contributed by atoms with Crippen LogP contribution in [0.2, 0.25) is 0 Å². The van der Waals surface area contributed by atoms with Crippen molar-refractivity contribution in [3.05, 3.63) is 38.3 Å². The first kappa shape index (κ1) is 13.8. The molecule has 0 radical (unpaired) electrons. The van der Waals surface area contributed by atoms with Crippen LogP contribution in [0.15, 0.2) is 21.3 Å². The standard InChI is InChI=1S/C13H18BrN3S/c1-3-11-13(14)12(17(4-2)16-11)7-10(15)9-5-6-18-8-9/h5-6,8,10H,3-4,7,15H2,1-2H3. The van der Waals surface area contributed by atoms with Gasteiger partial charge in [0.2, 0.25) is 0 Å². The van der Waals surface area contributed by atoms with E-state index in [2.05, 4.69) is 56.4 Å². The molecule has 0 spiro atoms. The molecule has 0 aromatic carbocycles. The Labute approximate surface area is 120 Å². The molecule has 0 amide bonds. The summed E-state index contributed by atoms with van der Waals surface area (Å²) in [6.07, 6.45) is 1.76. The van der Waals surface area contributed by atoms with Gasteiger partial charge in [0.25, 0.3) is 0 Å². The van der Waals surface area contributed by atoms with Gasteiger partial charge >= 0.3 is 0 Å². The Morgan fingerprint density at radius 1 is 1.50 bits per heavy atom. The van der Waals surface area contributed by atoms with Gasteiger partial charge in [0, 0.05) is 19.0 Å². The van der Waals surface area contributed by atoms with Crippen LogP contribution in [0.3, 0.4) is 0 Å². The average molecular weight is 328 g/mol. The largest absolute Gasteiger partial charge is 0.324 e. The van der Waals surface area contributed by atoms with Gasteiger partial charge in [0.15, 0.2) is 0 Å². The quantitative estimate of drug-likeness (QED) is 0.912. The van der Waals surface area contributed by atoms with E-state index in [0.717, 1.165) is 29.6 Å². The first-order chi connectivity index (χ1) is 8.67. The van der Waals surface area contributed by atoms with Crippen molar-refractivity contribution in [2.45, 2.75) is 39.3 Å². The molecule has 98 valence electrons. The second kappa shape index (κ2) is 5.99. The first-order valence-electron chi connectivity index (χ1n) is 6.19. The molecule has 0 aliphatic heterocycles. The lowest BCUT2D eigenvalue weighted by Gasteiger charge is -2.11. The van der Waals surface area contributed by atoms with Crippen molar-refractivity contribution >= 4 is 27.3 Å². The molecule has 5 heteroatoms. The van der Waals surface area contributed by atoms with Crippen LogP contribution in [0.1, 0.15) is 36.8 Å². The maximum absolute atomic E-state index is 6.26. The van der Waals surface area contributed by atoms with Crippen molar-refractivity contribution in [3.8, 4) is 0 Å². The molecule has 0 saturated carbocycles. The average Bonchev–Trinajstić information content (AvgIpc) is 2.99. The maximum Gasteiger partial charge on any atom is 0.0766 e. The Hall–Kier alpha value is -0.650. The van der Waals surface area contributed by atoms with Crippen LogP contribution in [-0.2, 0) is 19.4 Å². The number of thiophene rings is 1. The van der Waals surface area contributed by atoms with Gasteiger partial charge in [-0.05, 0) is 51.7 Å². The van der Waals surface area contributed by atoms with Crippen LogP contribution in [0, 0.1) is 0 Å². The number of rotatable bonds is 5. The SMILES string of the molecule is CCc1nn(CC)c(CC(N)c2ccsc2)c1Br. The summed E-state index contributed by atoms with van der Waals surface area (Å²) in [6.45, 7) is 5.11. The van der Waals surface area contributed by atoms with Crippen molar-refractivity contribution in [1.82, 2.24) is 9.78 Å². The van der Waals surface area contributed by atoms with Gasteiger partial charge in [-0.1, -0.05) is 6.92 Å². The van der Waals surface area contributed by atoms with E-state index >= 15 is 0 Å². The van der Waals surface area contributed by atoms with Crippen molar-refractivity contribution < 1.29 is 0 Å². The lowest BCUT2D eigenvalue weighted by atomic mass is 10.1. The van der Waals surface area contributed by atoms with Gasteiger partial charge in [-0.25, -0.2) is 0 Å². The zero-order chi connectivity index (χ0) is 13.1. The molecule has 1 atom stereocenters. The number of aromatic nitrogens is 2. The van der Waals surface area contributed by atoms with E-state index in [1.165, 1.54) is 11.3 Å². The summed E-state index contributed by atoms with van der Waals surface area (Å²) < 4.78 is 3.17. The van der Waals surface area contributed by atoms with E-state index in [9.17, 15) is 0 Å². The van der Waals surface area contributed by atoms with Crippen LogP contribution >= 0.6 is 27.3 Å². The molecule has 18 heavy (non-hydrogen) atoms. The topological polar surface area (TPSA) is 43.8 Å². The molecule has 0 bridgehead atoms. The van der Waals surface area contributed by atoms with Crippen molar-refractivity contribution in [1.29, 1.82) is 0 Å². The predicted molar refractivity (Wildman–Crippen MR) is 79.9 cm³/mol. The van der Waals surface area contributed by atoms with Gasteiger partial charge in [-0.2, -0.15) is 16.4 Å². The smallest absolute Gasteiger partial charge is 0.0766 e. The number of aryl methyl sites for hydroxylation is 2. The third-order valence-corrected chi connectivity index (χ3v) is 4.70. The minimum Gasteiger partial charge on any atom is -0.324 e. The summed E-state index contributed by atoms with van der Waals surface area (Å²) in [5, 5.41) is 8.78. The Morgan fingerprint density at radius 2 is 2.28 bits per heavy atom. The van der Waals surface area contributed by atoms with Crippen molar-refractivity contribution in [3.63, 3.8) is 0 Å². The Morgan fingerprint density at radius 3 is 2.83 bits per heavy atom. The van der Waals surface area contributed by atoms with Gasteiger partial charge in [-0.15, -0.1) is 0 Å². The monoisotopic (exact) mass is 327 g/mol. The number of hydrogen-bond acceptors (Lipinski definition) is 3. The van der Waals surface area contributed by atoms with E-state index in [1.54, 1.807) is 11.3 Å². The van der Waals surface area contributed by atoms with Gasteiger partial charge < -0.3 is 5.73 Å². The highest BCUT2D eigenvalue weighted by molar-refractivity contribution is 9.10. The van der Waals surface area contributed by atoms with Crippen molar-refractivity contribution in [2.24, 2.45) is 5.73 Å². The molecular weight excluding hydrogens is 310 g/mol.